The molecule has 2 heterocycles. The number of benzene rings is 2. The van der Waals surface area contributed by atoms with E-state index in [9.17, 15) is 27.6 Å². The van der Waals surface area contributed by atoms with Gasteiger partial charge < -0.3 is 10.6 Å². The molecule has 2 aromatic carbocycles. The van der Waals surface area contributed by atoms with E-state index < -0.39 is 35.3 Å². The van der Waals surface area contributed by atoms with Crippen molar-refractivity contribution in [2.45, 2.75) is 58.2 Å². The third kappa shape index (κ3) is 6.25. The highest BCUT2D eigenvalue weighted by atomic mass is 19.1. The number of halogens is 3. The van der Waals surface area contributed by atoms with Gasteiger partial charge in [-0.15, -0.1) is 0 Å². The predicted octanol–water partition coefficient (Wildman–Crippen LogP) is 4.49. The van der Waals surface area contributed by atoms with Crippen LogP contribution in [0.1, 0.15) is 58.7 Å². The molecule has 8 nitrogen and oxygen atoms in total. The topological polar surface area (TPSA) is 98.0 Å². The van der Waals surface area contributed by atoms with Crippen LogP contribution in [0.5, 0.6) is 0 Å². The quantitative estimate of drug-likeness (QED) is 0.300. The Balaban J connectivity index is 1.54. The molecular weight excluding hydrogens is 559 g/mol. The van der Waals surface area contributed by atoms with Crippen LogP contribution < -0.4 is 16.2 Å². The van der Waals surface area contributed by atoms with E-state index in [1.54, 1.807) is 21.5 Å². The molecule has 4 aromatic rings. The molecule has 1 atom stereocenters. The van der Waals surface area contributed by atoms with Crippen LogP contribution in [-0.4, -0.2) is 33.2 Å². The monoisotopic (exact) mass is 591 g/mol. The summed E-state index contributed by atoms with van der Waals surface area (Å²) in [7, 11) is 1.40. The molecule has 0 aliphatic heterocycles. The van der Waals surface area contributed by atoms with Crippen molar-refractivity contribution >= 4 is 11.8 Å². The summed E-state index contributed by atoms with van der Waals surface area (Å²) in [5, 5.41) is 5.38. The van der Waals surface area contributed by atoms with Crippen LogP contribution in [0.3, 0.4) is 0 Å². The Hall–Kier alpha value is -4.67. The number of aromatic nitrogens is 3. The Kier molecular flexibility index (Phi) is 8.79. The number of rotatable bonds is 9. The van der Waals surface area contributed by atoms with E-state index in [0.717, 1.165) is 30.2 Å². The van der Waals surface area contributed by atoms with Gasteiger partial charge in [0.25, 0.3) is 11.5 Å². The maximum Gasteiger partial charge on any atom is 0.270 e. The zero-order chi connectivity index (χ0) is 30.7. The molecule has 224 valence electrons. The number of fused-ring (bicyclic) bond motifs is 1. The highest BCUT2D eigenvalue weighted by molar-refractivity contribution is 5.95. The molecule has 0 spiro atoms. The lowest BCUT2D eigenvalue weighted by molar-refractivity contribution is -0.122. The van der Waals surface area contributed by atoms with Gasteiger partial charge in [0.15, 0.2) is 0 Å². The lowest BCUT2D eigenvalue weighted by Gasteiger charge is -2.23. The minimum Gasteiger partial charge on any atom is -0.355 e. The van der Waals surface area contributed by atoms with Crippen LogP contribution in [0.25, 0.3) is 11.1 Å². The number of pyridine rings is 1. The van der Waals surface area contributed by atoms with E-state index in [0.29, 0.717) is 36.2 Å². The summed E-state index contributed by atoms with van der Waals surface area (Å²) in [6, 6.07) is 9.70. The molecule has 0 saturated carbocycles. The summed E-state index contributed by atoms with van der Waals surface area (Å²) in [5.41, 5.74) is 2.94. The molecule has 11 heteroatoms. The van der Waals surface area contributed by atoms with E-state index in [1.807, 2.05) is 6.92 Å². The number of hydrogen-bond acceptors (Lipinski definition) is 4. The van der Waals surface area contributed by atoms with Crippen molar-refractivity contribution < 1.29 is 22.8 Å². The number of hydrogen-bond donors (Lipinski definition) is 2. The molecule has 0 unspecified atom stereocenters. The number of nitrogens with zero attached hydrogens (tertiary/aromatic N) is 3. The van der Waals surface area contributed by atoms with Gasteiger partial charge >= 0.3 is 0 Å². The second-order valence-corrected chi connectivity index (χ2v) is 10.5. The molecule has 5 rings (SSSR count). The Labute approximate surface area is 246 Å². The first-order valence-corrected chi connectivity index (χ1v) is 14.2. The third-order valence-corrected chi connectivity index (χ3v) is 7.74. The maximum atomic E-state index is 14.5. The Bertz CT molecular complexity index is 1730. The van der Waals surface area contributed by atoms with Crippen molar-refractivity contribution in [2.75, 3.05) is 7.05 Å². The Morgan fingerprint density at radius 1 is 1.00 bits per heavy atom. The molecule has 0 saturated heterocycles. The number of carbonyl (C=O) groups excluding carboxylic acids is 2. The summed E-state index contributed by atoms with van der Waals surface area (Å²) in [5.74, 6) is -3.26. The summed E-state index contributed by atoms with van der Waals surface area (Å²) in [4.78, 5) is 43.4. The first kappa shape index (κ1) is 29.8. The zero-order valence-electron chi connectivity index (χ0n) is 23.9. The smallest absolute Gasteiger partial charge is 0.270 e. The van der Waals surface area contributed by atoms with Gasteiger partial charge in [-0.3, -0.25) is 28.7 Å². The van der Waals surface area contributed by atoms with Crippen LogP contribution in [-0.2, 0) is 37.1 Å². The Morgan fingerprint density at radius 3 is 2.47 bits per heavy atom. The van der Waals surface area contributed by atoms with Crippen LogP contribution in [0, 0.1) is 17.5 Å². The van der Waals surface area contributed by atoms with Gasteiger partial charge in [-0.05, 0) is 80.5 Å². The van der Waals surface area contributed by atoms with Crippen LogP contribution in [0.4, 0.5) is 13.2 Å². The molecule has 0 fully saturated rings. The first-order chi connectivity index (χ1) is 20.7. The van der Waals surface area contributed by atoms with Crippen molar-refractivity contribution in [3.05, 3.63) is 111 Å². The first-order valence-electron chi connectivity index (χ1n) is 14.2. The normalized spacial score (nSPS) is 13.3. The van der Waals surface area contributed by atoms with Crippen molar-refractivity contribution in [2.24, 2.45) is 0 Å². The van der Waals surface area contributed by atoms with Crippen molar-refractivity contribution in [3.8, 4) is 11.1 Å². The van der Waals surface area contributed by atoms with Crippen LogP contribution in [0.15, 0.2) is 59.5 Å². The fraction of sp³-hybridized carbons (Fsp3) is 0.312. The minimum atomic E-state index is -0.869. The van der Waals surface area contributed by atoms with Crippen molar-refractivity contribution in [1.82, 2.24) is 25.0 Å². The fourth-order valence-corrected chi connectivity index (χ4v) is 5.81. The van der Waals surface area contributed by atoms with Gasteiger partial charge in [0.1, 0.15) is 24.0 Å². The second kappa shape index (κ2) is 12.7. The number of carbonyl (C=O) groups is 2. The van der Waals surface area contributed by atoms with E-state index in [1.165, 1.54) is 43.6 Å². The standard InChI is InChI=1S/C32H32F3N5O3/c1-3-39-32(43)24-7-4-5-9-28(24)40(39)18-29(41)38-27(15-19-13-21(33)17-22(34)14-19)30-23(8-6-12-37-30)20-10-11-26(35)25(16-20)31(42)36-2/h6,8,10-14,16-17,27H,3-5,7,9,15,18H2,1-2H3,(H,36,42)(H,38,41)/t27-/m0/s1. The predicted molar refractivity (Wildman–Crippen MR) is 155 cm³/mol. The summed E-state index contributed by atoms with van der Waals surface area (Å²) < 4.78 is 46.1. The average molecular weight is 592 g/mol. The van der Waals surface area contributed by atoms with E-state index >= 15 is 0 Å². The Morgan fingerprint density at radius 2 is 1.74 bits per heavy atom. The average Bonchev–Trinajstić information content (AvgIpc) is 3.26. The van der Waals surface area contributed by atoms with E-state index in [2.05, 4.69) is 15.6 Å². The molecule has 2 aromatic heterocycles. The highest BCUT2D eigenvalue weighted by Crippen LogP contribution is 2.30. The van der Waals surface area contributed by atoms with Gasteiger partial charge in [0.2, 0.25) is 5.91 Å². The number of nitrogens with one attached hydrogen (secondary N) is 2. The fourth-order valence-electron chi connectivity index (χ4n) is 5.81. The van der Waals surface area contributed by atoms with Crippen LogP contribution in [0.2, 0.25) is 0 Å². The molecule has 0 radical (unpaired) electrons. The van der Waals surface area contributed by atoms with E-state index in [-0.39, 0.29) is 29.7 Å². The van der Waals surface area contributed by atoms with Gasteiger partial charge in [0, 0.05) is 42.7 Å². The maximum absolute atomic E-state index is 14.5. The SMILES string of the molecule is CCn1c(=O)c2c(n1CC(=O)N[C@@H](Cc1cc(F)cc(F)c1)c1ncccc1-c1ccc(F)c(C(=O)NC)c1)CCCC2. The molecule has 2 amide bonds. The molecule has 1 aliphatic rings. The third-order valence-electron chi connectivity index (χ3n) is 7.74. The van der Waals surface area contributed by atoms with Crippen LogP contribution >= 0.6 is 0 Å². The number of amides is 2. The van der Waals surface area contributed by atoms with Crippen molar-refractivity contribution in [3.63, 3.8) is 0 Å². The molecule has 2 N–H and O–H groups in total. The largest absolute Gasteiger partial charge is 0.355 e. The van der Waals surface area contributed by atoms with Gasteiger partial charge in [0.05, 0.1) is 17.3 Å². The van der Waals surface area contributed by atoms with Gasteiger partial charge in [-0.2, -0.15) is 0 Å². The zero-order valence-corrected chi connectivity index (χ0v) is 23.9. The highest BCUT2D eigenvalue weighted by Gasteiger charge is 2.26. The van der Waals surface area contributed by atoms with E-state index in [4.69, 9.17) is 0 Å². The molecule has 0 bridgehead atoms. The van der Waals surface area contributed by atoms with Crippen molar-refractivity contribution in [1.29, 1.82) is 0 Å². The summed E-state index contributed by atoms with van der Waals surface area (Å²) in [6.45, 7) is 2.11. The lowest BCUT2D eigenvalue weighted by atomic mass is 9.94. The minimum absolute atomic E-state index is 0.0156. The molecule has 43 heavy (non-hydrogen) atoms. The molecular formula is C32H32F3N5O3. The van der Waals surface area contributed by atoms with Gasteiger partial charge in [-0.1, -0.05) is 12.1 Å². The summed E-state index contributed by atoms with van der Waals surface area (Å²) in [6.07, 6.45) is 4.70. The lowest BCUT2D eigenvalue weighted by Crippen LogP contribution is -2.36. The molecule has 1 aliphatic carbocycles. The van der Waals surface area contributed by atoms with Gasteiger partial charge in [-0.25, -0.2) is 13.2 Å². The summed E-state index contributed by atoms with van der Waals surface area (Å²) >= 11 is 0. The second-order valence-electron chi connectivity index (χ2n) is 10.5.